The summed E-state index contributed by atoms with van der Waals surface area (Å²) in [6.07, 6.45) is -3.59. The Labute approximate surface area is 235 Å². The molecule has 0 aliphatic carbocycles. The molecule has 0 bridgehead atoms. The van der Waals surface area contributed by atoms with Crippen molar-refractivity contribution in [2.24, 2.45) is 0 Å². The van der Waals surface area contributed by atoms with E-state index in [-0.39, 0.29) is 41.2 Å². The van der Waals surface area contributed by atoms with Crippen molar-refractivity contribution in [1.82, 2.24) is 24.4 Å². The van der Waals surface area contributed by atoms with E-state index in [1.54, 1.807) is 35.2 Å². The summed E-state index contributed by atoms with van der Waals surface area (Å²) in [6.45, 7) is 4.28. The number of aliphatic hydroxyl groups is 1. The van der Waals surface area contributed by atoms with Gasteiger partial charge in [0.1, 0.15) is 11.3 Å². The number of nitrogen functional groups attached to an aromatic ring is 1. The first kappa shape index (κ1) is 28.4. The second-order valence-electron chi connectivity index (χ2n) is 10.2. The Kier molecular flexibility index (Phi) is 7.62. The SMILES string of the molecule is COc1ccc(-c2nc3c(C(=O)N4CCN(C(CO)c5cccc(N)c5)C[C@H]4C)cnn3c(C(F)(F)F)c2C)cc1. The van der Waals surface area contributed by atoms with Crippen molar-refractivity contribution >= 4 is 17.2 Å². The van der Waals surface area contributed by atoms with Gasteiger partial charge in [-0.3, -0.25) is 9.69 Å². The fourth-order valence-electron chi connectivity index (χ4n) is 5.51. The van der Waals surface area contributed by atoms with Gasteiger partial charge in [-0.2, -0.15) is 18.3 Å². The Morgan fingerprint density at radius 3 is 2.54 bits per heavy atom. The average molecular weight is 569 g/mol. The largest absolute Gasteiger partial charge is 0.497 e. The number of anilines is 1. The number of aliphatic hydroxyl groups excluding tert-OH is 1. The summed E-state index contributed by atoms with van der Waals surface area (Å²) in [5.74, 6) is 0.0952. The molecule has 0 saturated carbocycles. The summed E-state index contributed by atoms with van der Waals surface area (Å²) in [7, 11) is 1.50. The Hall–Kier alpha value is -4.16. The lowest BCUT2D eigenvalue weighted by molar-refractivity contribution is -0.143. The van der Waals surface area contributed by atoms with Gasteiger partial charge in [0.05, 0.1) is 31.6 Å². The van der Waals surface area contributed by atoms with Crippen LogP contribution in [0.1, 0.15) is 40.1 Å². The number of amides is 1. The van der Waals surface area contributed by atoms with Crippen molar-refractivity contribution in [3.05, 3.63) is 77.1 Å². The van der Waals surface area contributed by atoms with Crippen molar-refractivity contribution in [3.63, 3.8) is 0 Å². The van der Waals surface area contributed by atoms with Gasteiger partial charge in [-0.05, 0) is 55.8 Å². The van der Waals surface area contributed by atoms with E-state index in [4.69, 9.17) is 10.5 Å². The number of piperazine rings is 1. The number of rotatable bonds is 6. The Balaban J connectivity index is 1.49. The van der Waals surface area contributed by atoms with Crippen molar-refractivity contribution in [2.45, 2.75) is 32.1 Å². The molecule has 216 valence electrons. The lowest BCUT2D eigenvalue weighted by Crippen LogP contribution is -2.55. The maximum absolute atomic E-state index is 14.3. The van der Waals surface area contributed by atoms with Gasteiger partial charge >= 0.3 is 6.18 Å². The molecule has 2 aromatic carbocycles. The molecule has 9 nitrogen and oxygen atoms in total. The number of fused-ring (bicyclic) bond motifs is 1. The fourth-order valence-corrected chi connectivity index (χ4v) is 5.51. The van der Waals surface area contributed by atoms with Gasteiger partial charge in [0.2, 0.25) is 0 Å². The minimum Gasteiger partial charge on any atom is -0.497 e. The van der Waals surface area contributed by atoms with Crippen LogP contribution in [0.5, 0.6) is 5.75 Å². The molecule has 1 aliphatic heterocycles. The summed E-state index contributed by atoms with van der Waals surface area (Å²) < 4.78 is 48.8. The second kappa shape index (κ2) is 11.0. The lowest BCUT2D eigenvalue weighted by Gasteiger charge is -2.43. The molecule has 1 unspecified atom stereocenters. The molecular formula is C29H31F3N6O3. The third-order valence-electron chi connectivity index (χ3n) is 7.58. The zero-order valence-corrected chi connectivity index (χ0v) is 22.9. The smallest absolute Gasteiger partial charge is 0.433 e. The molecule has 4 aromatic rings. The first-order chi connectivity index (χ1) is 19.5. The maximum atomic E-state index is 14.3. The summed E-state index contributed by atoms with van der Waals surface area (Å²) in [5, 5.41) is 14.1. The highest BCUT2D eigenvalue weighted by molar-refractivity contribution is 6.00. The minimum atomic E-state index is -4.74. The van der Waals surface area contributed by atoms with Crippen molar-refractivity contribution < 1.29 is 27.8 Å². The number of alkyl halides is 3. The van der Waals surface area contributed by atoms with E-state index in [9.17, 15) is 23.1 Å². The number of methoxy groups -OCH3 is 1. The fraction of sp³-hybridized carbons (Fsp3) is 0.345. The van der Waals surface area contributed by atoms with Crippen LogP contribution in [0, 0.1) is 6.92 Å². The Bertz CT molecular complexity index is 1570. The van der Waals surface area contributed by atoms with E-state index in [0.717, 1.165) is 11.8 Å². The number of benzene rings is 2. The molecule has 2 atom stereocenters. The number of carbonyl (C=O) groups excluding carboxylic acids is 1. The van der Waals surface area contributed by atoms with Crippen LogP contribution in [0.25, 0.3) is 16.9 Å². The Morgan fingerprint density at radius 2 is 1.93 bits per heavy atom. The third-order valence-corrected chi connectivity index (χ3v) is 7.58. The van der Waals surface area contributed by atoms with Gasteiger partial charge in [0.15, 0.2) is 11.3 Å². The van der Waals surface area contributed by atoms with Crippen LogP contribution in [-0.4, -0.2) is 74.8 Å². The summed E-state index contributed by atoms with van der Waals surface area (Å²) in [4.78, 5) is 22.0. The molecule has 0 spiro atoms. The monoisotopic (exact) mass is 568 g/mol. The van der Waals surface area contributed by atoms with Gasteiger partial charge in [0, 0.05) is 42.5 Å². The van der Waals surface area contributed by atoms with E-state index in [2.05, 4.69) is 15.0 Å². The summed E-state index contributed by atoms with van der Waals surface area (Å²) in [5.41, 5.74) is 6.68. The van der Waals surface area contributed by atoms with Crippen LogP contribution < -0.4 is 10.5 Å². The van der Waals surface area contributed by atoms with E-state index in [0.29, 0.717) is 41.2 Å². The first-order valence-corrected chi connectivity index (χ1v) is 13.1. The predicted octanol–water partition coefficient (Wildman–Crippen LogP) is 4.19. The zero-order valence-electron chi connectivity index (χ0n) is 22.9. The summed E-state index contributed by atoms with van der Waals surface area (Å²) in [6, 6.07) is 13.2. The topological polar surface area (TPSA) is 109 Å². The van der Waals surface area contributed by atoms with Gasteiger partial charge in [-0.15, -0.1) is 0 Å². The number of halogens is 3. The number of hydrogen-bond donors (Lipinski definition) is 2. The van der Waals surface area contributed by atoms with Crippen LogP contribution in [-0.2, 0) is 6.18 Å². The van der Waals surface area contributed by atoms with Crippen molar-refractivity contribution in [1.29, 1.82) is 0 Å². The average Bonchev–Trinajstić information content (AvgIpc) is 3.35. The van der Waals surface area contributed by atoms with Crippen LogP contribution in [0.2, 0.25) is 0 Å². The standard InChI is InChI=1S/C29H31F3N6O3/c1-17-15-36(24(16-39)20-5-4-6-21(33)13-20)11-12-37(17)28(40)23-14-34-38-26(29(30,31)32)18(2)25(35-27(23)38)19-7-9-22(41-3)10-8-19/h4-10,13-14,17,24,39H,11-12,15-16,33H2,1-3H3/t17-,24?/m1/s1. The number of hydrogen-bond acceptors (Lipinski definition) is 7. The highest BCUT2D eigenvalue weighted by Gasteiger charge is 2.39. The zero-order chi connectivity index (χ0) is 29.5. The van der Waals surface area contributed by atoms with E-state index in [1.165, 1.54) is 14.0 Å². The van der Waals surface area contributed by atoms with E-state index in [1.807, 2.05) is 25.1 Å². The first-order valence-electron chi connectivity index (χ1n) is 13.1. The van der Waals surface area contributed by atoms with Crippen LogP contribution in [0.3, 0.4) is 0 Å². The van der Waals surface area contributed by atoms with Crippen molar-refractivity contribution in [2.75, 3.05) is 39.1 Å². The number of nitrogens with zero attached hydrogens (tertiary/aromatic N) is 5. The van der Waals surface area contributed by atoms with Crippen LogP contribution >= 0.6 is 0 Å². The molecule has 3 N–H and O–H groups in total. The third kappa shape index (κ3) is 5.32. The molecule has 12 heteroatoms. The molecule has 3 heterocycles. The lowest BCUT2D eigenvalue weighted by atomic mass is 10.0. The number of nitrogens with two attached hydrogens (primary N) is 1. The Morgan fingerprint density at radius 1 is 1.20 bits per heavy atom. The van der Waals surface area contributed by atoms with Gasteiger partial charge in [-0.25, -0.2) is 9.50 Å². The van der Waals surface area contributed by atoms with Gasteiger partial charge in [-0.1, -0.05) is 12.1 Å². The molecule has 0 radical (unpaired) electrons. The number of aromatic nitrogens is 3. The molecule has 1 saturated heterocycles. The van der Waals surface area contributed by atoms with Crippen LogP contribution in [0.4, 0.5) is 18.9 Å². The van der Waals surface area contributed by atoms with E-state index < -0.39 is 17.8 Å². The highest BCUT2D eigenvalue weighted by Crippen LogP contribution is 2.37. The molecule has 1 aliphatic rings. The number of carbonyl (C=O) groups is 1. The normalized spacial score (nSPS) is 17.1. The van der Waals surface area contributed by atoms with E-state index >= 15 is 0 Å². The quantitative estimate of drug-likeness (QED) is 0.336. The molecule has 41 heavy (non-hydrogen) atoms. The van der Waals surface area contributed by atoms with Gasteiger partial charge < -0.3 is 20.5 Å². The molecule has 5 rings (SSSR count). The second-order valence-corrected chi connectivity index (χ2v) is 10.2. The number of ether oxygens (including phenoxy) is 1. The molecule has 1 fully saturated rings. The molecule has 1 amide bonds. The van der Waals surface area contributed by atoms with Gasteiger partial charge in [0.25, 0.3) is 5.91 Å². The predicted molar refractivity (Wildman–Crippen MR) is 147 cm³/mol. The maximum Gasteiger partial charge on any atom is 0.433 e. The highest BCUT2D eigenvalue weighted by atomic mass is 19.4. The van der Waals surface area contributed by atoms with Crippen LogP contribution in [0.15, 0.2) is 54.7 Å². The van der Waals surface area contributed by atoms with Crippen molar-refractivity contribution in [3.8, 4) is 17.0 Å². The molecule has 2 aromatic heterocycles. The minimum absolute atomic E-state index is 0.0138. The molecular weight excluding hydrogens is 537 g/mol. The summed E-state index contributed by atoms with van der Waals surface area (Å²) >= 11 is 0.